The van der Waals surface area contributed by atoms with E-state index in [1.807, 2.05) is 24.3 Å². The highest BCUT2D eigenvalue weighted by Crippen LogP contribution is 2.30. The number of hydrogen-bond acceptors (Lipinski definition) is 9. The van der Waals surface area contributed by atoms with Crippen LogP contribution in [-0.2, 0) is 6.54 Å². The van der Waals surface area contributed by atoms with Gasteiger partial charge >= 0.3 is 0 Å². The number of hydrogen-bond donors (Lipinski definition) is 5. The van der Waals surface area contributed by atoms with Crippen LogP contribution >= 0.6 is 11.3 Å². The summed E-state index contributed by atoms with van der Waals surface area (Å²) in [5.41, 5.74) is 16.0. The van der Waals surface area contributed by atoms with Crippen LogP contribution in [0.5, 0.6) is 0 Å². The van der Waals surface area contributed by atoms with Crippen molar-refractivity contribution in [1.29, 1.82) is 5.41 Å². The number of nitrogens with two attached hydrogens (primary N) is 2. The molecule has 2 aromatic carbocycles. The highest BCUT2D eigenvalue weighted by molar-refractivity contribution is 7.18. The van der Waals surface area contributed by atoms with E-state index < -0.39 is 0 Å². The SMILES string of the molecule is N=Cc1cc(Nc2nnc(-c3cccc(NC(=O)c4cncc(CN)c4)c3)s2)ccc1N. The van der Waals surface area contributed by atoms with Crippen molar-refractivity contribution in [2.24, 2.45) is 5.73 Å². The lowest BCUT2D eigenvalue weighted by atomic mass is 10.1. The van der Waals surface area contributed by atoms with Crippen LogP contribution < -0.4 is 22.1 Å². The van der Waals surface area contributed by atoms with Gasteiger partial charge in [0.15, 0.2) is 0 Å². The Morgan fingerprint density at radius 1 is 1.09 bits per heavy atom. The van der Waals surface area contributed by atoms with E-state index in [0.717, 1.165) is 16.8 Å². The molecule has 0 aliphatic carbocycles. The molecule has 9 nitrogen and oxygen atoms in total. The molecule has 0 radical (unpaired) electrons. The molecule has 0 atom stereocenters. The first-order valence-electron chi connectivity index (χ1n) is 9.62. The van der Waals surface area contributed by atoms with Crippen LogP contribution in [0.2, 0.25) is 0 Å². The molecule has 4 aromatic rings. The Bertz CT molecular complexity index is 1290. The standard InChI is InChI=1S/C22H20N8OS/c23-9-13-6-16(12-26-11-13)20(31)27-17-3-1-2-14(7-17)21-29-30-22(32-21)28-18-4-5-19(25)15(8-18)10-24/h1-8,10-12,24H,9,23,25H2,(H,27,31)(H,28,30). The molecule has 4 rings (SSSR count). The van der Waals surface area contributed by atoms with Gasteiger partial charge in [0.05, 0.1) is 5.56 Å². The number of pyridine rings is 1. The number of nitrogen functional groups attached to an aromatic ring is 1. The van der Waals surface area contributed by atoms with E-state index in [2.05, 4.69) is 25.8 Å². The van der Waals surface area contributed by atoms with Crippen molar-refractivity contribution in [3.8, 4) is 10.6 Å². The van der Waals surface area contributed by atoms with Crippen molar-refractivity contribution in [2.45, 2.75) is 6.54 Å². The molecule has 0 fully saturated rings. The first-order valence-corrected chi connectivity index (χ1v) is 10.4. The van der Waals surface area contributed by atoms with E-state index in [0.29, 0.717) is 39.2 Å². The number of nitrogens with one attached hydrogen (secondary N) is 3. The first-order chi connectivity index (χ1) is 15.6. The van der Waals surface area contributed by atoms with Gasteiger partial charge in [0, 0.05) is 53.3 Å². The number of amides is 1. The fourth-order valence-corrected chi connectivity index (χ4v) is 3.71. The predicted molar refractivity (Wildman–Crippen MR) is 127 cm³/mol. The van der Waals surface area contributed by atoms with Crippen LogP contribution in [0.25, 0.3) is 10.6 Å². The van der Waals surface area contributed by atoms with E-state index in [-0.39, 0.29) is 5.91 Å². The van der Waals surface area contributed by atoms with Gasteiger partial charge in [-0.3, -0.25) is 9.78 Å². The van der Waals surface area contributed by atoms with E-state index in [1.54, 1.807) is 30.5 Å². The van der Waals surface area contributed by atoms with Gasteiger partial charge in [-0.05, 0) is 42.0 Å². The average molecular weight is 445 g/mol. The van der Waals surface area contributed by atoms with Crippen LogP contribution in [-0.4, -0.2) is 27.3 Å². The molecular weight excluding hydrogens is 424 g/mol. The minimum absolute atomic E-state index is 0.269. The molecule has 10 heteroatoms. The number of nitrogens with zero attached hydrogens (tertiary/aromatic N) is 3. The number of carbonyl (C=O) groups is 1. The van der Waals surface area contributed by atoms with Crippen LogP contribution in [0, 0.1) is 5.41 Å². The second-order valence-electron chi connectivity index (χ2n) is 6.85. The first kappa shape index (κ1) is 21.1. The molecule has 0 bridgehead atoms. The van der Waals surface area contributed by atoms with Crippen LogP contribution in [0.4, 0.5) is 22.2 Å². The fraction of sp³-hybridized carbons (Fsp3) is 0.0455. The van der Waals surface area contributed by atoms with Crippen LogP contribution in [0.15, 0.2) is 60.9 Å². The Morgan fingerprint density at radius 3 is 2.78 bits per heavy atom. The molecular formula is C22H20N8OS. The summed E-state index contributed by atoms with van der Waals surface area (Å²) >= 11 is 1.37. The number of carbonyl (C=O) groups excluding carboxylic acids is 1. The van der Waals surface area contributed by atoms with Gasteiger partial charge in [0.2, 0.25) is 5.13 Å². The van der Waals surface area contributed by atoms with Crippen molar-refractivity contribution < 1.29 is 4.79 Å². The molecule has 0 unspecified atom stereocenters. The maximum atomic E-state index is 12.6. The topological polar surface area (TPSA) is 156 Å². The Labute approximate surface area is 188 Å². The summed E-state index contributed by atoms with van der Waals surface area (Å²) in [4.78, 5) is 16.6. The summed E-state index contributed by atoms with van der Waals surface area (Å²) in [5.74, 6) is -0.269. The third-order valence-electron chi connectivity index (χ3n) is 4.58. The van der Waals surface area contributed by atoms with Crippen molar-refractivity contribution in [3.05, 3.63) is 77.6 Å². The summed E-state index contributed by atoms with van der Waals surface area (Å²) < 4.78 is 0. The Morgan fingerprint density at radius 2 is 1.97 bits per heavy atom. The Kier molecular flexibility index (Phi) is 6.15. The van der Waals surface area contributed by atoms with Gasteiger partial charge in [0.25, 0.3) is 5.91 Å². The lowest BCUT2D eigenvalue weighted by Gasteiger charge is -2.07. The van der Waals surface area contributed by atoms with E-state index >= 15 is 0 Å². The molecule has 0 aliphatic rings. The zero-order valence-corrected chi connectivity index (χ0v) is 17.7. The lowest BCUT2D eigenvalue weighted by Crippen LogP contribution is -2.13. The molecule has 32 heavy (non-hydrogen) atoms. The Balaban J connectivity index is 1.49. The second kappa shape index (κ2) is 9.33. The van der Waals surface area contributed by atoms with Crippen LogP contribution in [0.3, 0.4) is 0 Å². The van der Waals surface area contributed by atoms with E-state index in [1.165, 1.54) is 23.7 Å². The molecule has 2 heterocycles. The summed E-state index contributed by atoms with van der Waals surface area (Å²) in [6.07, 6.45) is 4.34. The van der Waals surface area contributed by atoms with Crippen molar-refractivity contribution in [3.63, 3.8) is 0 Å². The molecule has 2 aromatic heterocycles. The molecule has 0 saturated carbocycles. The Hall–Kier alpha value is -4.15. The van der Waals surface area contributed by atoms with E-state index in [4.69, 9.17) is 16.9 Å². The van der Waals surface area contributed by atoms with Gasteiger partial charge in [-0.1, -0.05) is 23.5 Å². The summed E-state index contributed by atoms with van der Waals surface area (Å²) in [5, 5.41) is 23.2. The van der Waals surface area contributed by atoms with Crippen LogP contribution in [0.1, 0.15) is 21.5 Å². The summed E-state index contributed by atoms with van der Waals surface area (Å²) in [6, 6.07) is 14.4. The van der Waals surface area contributed by atoms with Gasteiger partial charge in [-0.25, -0.2) is 0 Å². The zero-order valence-electron chi connectivity index (χ0n) is 16.9. The van der Waals surface area contributed by atoms with Crippen molar-refractivity contribution in [1.82, 2.24) is 15.2 Å². The largest absolute Gasteiger partial charge is 0.398 e. The van der Waals surface area contributed by atoms with Gasteiger partial charge < -0.3 is 27.5 Å². The molecule has 1 amide bonds. The summed E-state index contributed by atoms with van der Waals surface area (Å²) in [6.45, 7) is 0.316. The minimum atomic E-state index is -0.269. The van der Waals surface area contributed by atoms with Crippen molar-refractivity contribution >= 4 is 45.7 Å². The molecule has 160 valence electrons. The summed E-state index contributed by atoms with van der Waals surface area (Å²) in [7, 11) is 0. The number of rotatable bonds is 7. The molecule has 0 aliphatic heterocycles. The molecule has 7 N–H and O–H groups in total. The lowest BCUT2D eigenvalue weighted by molar-refractivity contribution is 0.102. The predicted octanol–water partition coefficient (Wildman–Crippen LogP) is 3.63. The number of aromatic nitrogens is 3. The third kappa shape index (κ3) is 4.77. The van der Waals surface area contributed by atoms with Crippen molar-refractivity contribution in [2.75, 3.05) is 16.4 Å². The van der Waals surface area contributed by atoms with E-state index in [9.17, 15) is 4.79 Å². The fourth-order valence-electron chi connectivity index (χ4n) is 2.95. The number of benzene rings is 2. The third-order valence-corrected chi connectivity index (χ3v) is 5.47. The van der Waals surface area contributed by atoms with Gasteiger partial charge in [-0.15, -0.1) is 10.2 Å². The molecule has 0 saturated heterocycles. The van der Waals surface area contributed by atoms with Gasteiger partial charge in [0.1, 0.15) is 5.01 Å². The maximum absolute atomic E-state index is 12.6. The quantitative estimate of drug-likeness (QED) is 0.215. The average Bonchev–Trinajstić information content (AvgIpc) is 3.29. The van der Waals surface area contributed by atoms with Gasteiger partial charge in [-0.2, -0.15) is 0 Å². The normalized spacial score (nSPS) is 10.5. The molecule has 0 spiro atoms. The smallest absolute Gasteiger partial charge is 0.257 e. The zero-order chi connectivity index (χ0) is 22.5. The highest BCUT2D eigenvalue weighted by atomic mass is 32.1. The number of anilines is 4. The monoisotopic (exact) mass is 444 g/mol. The highest BCUT2D eigenvalue weighted by Gasteiger charge is 2.11. The minimum Gasteiger partial charge on any atom is -0.398 e. The second-order valence-corrected chi connectivity index (χ2v) is 7.82. The maximum Gasteiger partial charge on any atom is 0.257 e.